The number of hydrogen-bond acceptors (Lipinski definition) is 3. The monoisotopic (exact) mass is 412 g/mol. The zero-order valence-electron chi connectivity index (χ0n) is 19.4. The fourth-order valence-corrected chi connectivity index (χ4v) is 3.71. The van der Waals surface area contributed by atoms with Crippen LogP contribution in [-0.2, 0) is 14.3 Å². The lowest BCUT2D eigenvalue weighted by Crippen LogP contribution is -2.18. The molecule has 0 rings (SSSR count). The first-order valence-electron chi connectivity index (χ1n) is 12.5. The first-order chi connectivity index (χ1) is 14.1. The third-order valence-corrected chi connectivity index (χ3v) is 5.58. The number of hydrogen-bond donors (Lipinski definition) is 1. The highest BCUT2D eigenvalue weighted by atomic mass is 16.5. The predicted molar refractivity (Wildman–Crippen MR) is 121 cm³/mol. The van der Waals surface area contributed by atoms with E-state index in [0.717, 1.165) is 64.2 Å². The first kappa shape index (κ1) is 27.9. The molecule has 0 aliphatic heterocycles. The van der Waals surface area contributed by atoms with E-state index in [1.54, 1.807) is 0 Å². The molecule has 29 heavy (non-hydrogen) atoms. The van der Waals surface area contributed by atoms with Gasteiger partial charge >= 0.3 is 11.9 Å². The van der Waals surface area contributed by atoms with Gasteiger partial charge in [-0.3, -0.25) is 9.59 Å². The van der Waals surface area contributed by atoms with Crippen molar-refractivity contribution in [2.45, 2.75) is 148 Å². The Morgan fingerprint density at radius 3 is 1.55 bits per heavy atom. The van der Waals surface area contributed by atoms with E-state index in [4.69, 9.17) is 9.84 Å². The van der Waals surface area contributed by atoms with Gasteiger partial charge in [-0.25, -0.2) is 0 Å². The fraction of sp³-hybridized carbons (Fsp3) is 0.920. The van der Waals surface area contributed by atoms with Gasteiger partial charge in [-0.1, -0.05) is 90.9 Å². The summed E-state index contributed by atoms with van der Waals surface area (Å²) in [5.41, 5.74) is 0. The highest BCUT2D eigenvalue weighted by molar-refractivity contribution is 5.69. The van der Waals surface area contributed by atoms with E-state index in [0.29, 0.717) is 6.42 Å². The quantitative estimate of drug-likeness (QED) is 0.145. The Balaban J connectivity index is 4.03. The van der Waals surface area contributed by atoms with Gasteiger partial charge in [-0.15, -0.1) is 0 Å². The molecule has 172 valence electrons. The van der Waals surface area contributed by atoms with Gasteiger partial charge in [0.1, 0.15) is 6.10 Å². The summed E-state index contributed by atoms with van der Waals surface area (Å²) >= 11 is 0. The summed E-state index contributed by atoms with van der Waals surface area (Å²) in [7, 11) is 0. The van der Waals surface area contributed by atoms with Gasteiger partial charge in [0, 0.05) is 12.8 Å². The summed E-state index contributed by atoms with van der Waals surface area (Å²) in [4.78, 5) is 22.7. The van der Waals surface area contributed by atoms with Crippen molar-refractivity contribution in [3.8, 4) is 0 Å². The van der Waals surface area contributed by atoms with Gasteiger partial charge in [0.2, 0.25) is 0 Å². The molecular formula is C25H48O4. The Morgan fingerprint density at radius 2 is 1.03 bits per heavy atom. The van der Waals surface area contributed by atoms with Gasteiger partial charge < -0.3 is 9.84 Å². The van der Waals surface area contributed by atoms with Crippen LogP contribution in [0.4, 0.5) is 0 Å². The SMILES string of the molecule is CCCCCCCCCC(CCCCCCCC(=O)O)OC(=O)CCCCCC. The molecule has 0 aromatic carbocycles. The molecule has 0 radical (unpaired) electrons. The summed E-state index contributed by atoms with van der Waals surface area (Å²) in [5, 5.41) is 8.68. The highest BCUT2D eigenvalue weighted by Crippen LogP contribution is 2.18. The molecule has 0 aromatic rings. The molecule has 0 amide bonds. The van der Waals surface area contributed by atoms with Crippen molar-refractivity contribution in [1.29, 1.82) is 0 Å². The average Bonchev–Trinajstić information content (AvgIpc) is 2.69. The van der Waals surface area contributed by atoms with Crippen LogP contribution in [0.2, 0.25) is 0 Å². The van der Waals surface area contributed by atoms with Crippen molar-refractivity contribution in [2.75, 3.05) is 0 Å². The number of carboxylic acids is 1. The molecule has 0 aromatic heterocycles. The molecule has 0 bridgehead atoms. The van der Waals surface area contributed by atoms with E-state index in [1.807, 2.05) is 0 Å². The van der Waals surface area contributed by atoms with Crippen LogP contribution in [0.15, 0.2) is 0 Å². The number of carboxylic acid groups (broad SMARTS) is 1. The topological polar surface area (TPSA) is 63.6 Å². The average molecular weight is 413 g/mol. The molecular weight excluding hydrogens is 364 g/mol. The Bertz CT molecular complexity index is 381. The van der Waals surface area contributed by atoms with Crippen LogP contribution >= 0.6 is 0 Å². The lowest BCUT2D eigenvalue weighted by atomic mass is 10.0. The summed E-state index contributed by atoms with van der Waals surface area (Å²) in [6.45, 7) is 4.42. The van der Waals surface area contributed by atoms with Crippen molar-refractivity contribution in [1.82, 2.24) is 0 Å². The van der Waals surface area contributed by atoms with Crippen LogP contribution in [0.3, 0.4) is 0 Å². The van der Waals surface area contributed by atoms with E-state index >= 15 is 0 Å². The maximum atomic E-state index is 12.2. The first-order valence-corrected chi connectivity index (χ1v) is 12.5. The summed E-state index contributed by atoms with van der Waals surface area (Å²) in [6, 6.07) is 0. The smallest absolute Gasteiger partial charge is 0.306 e. The van der Waals surface area contributed by atoms with Gasteiger partial charge in [0.25, 0.3) is 0 Å². The number of aliphatic carboxylic acids is 1. The van der Waals surface area contributed by atoms with E-state index in [9.17, 15) is 9.59 Å². The standard InChI is InChI=1S/C25H48O4/c1-3-5-7-9-10-12-15-19-23(29-25(28)22-18-8-6-4-2)20-16-13-11-14-17-21-24(26)27/h23H,3-22H2,1-2H3,(H,26,27). The zero-order chi connectivity index (χ0) is 21.6. The summed E-state index contributed by atoms with van der Waals surface area (Å²) in [5.74, 6) is -0.721. The van der Waals surface area contributed by atoms with E-state index in [1.165, 1.54) is 51.4 Å². The summed E-state index contributed by atoms with van der Waals surface area (Å²) < 4.78 is 5.82. The molecule has 0 saturated heterocycles. The Labute approximate surface area is 180 Å². The highest BCUT2D eigenvalue weighted by Gasteiger charge is 2.14. The second-order valence-electron chi connectivity index (χ2n) is 8.53. The van der Waals surface area contributed by atoms with Crippen LogP contribution in [0, 0.1) is 0 Å². The van der Waals surface area contributed by atoms with Crippen molar-refractivity contribution < 1.29 is 19.4 Å². The Kier molecular flexibility index (Phi) is 20.9. The molecule has 1 unspecified atom stereocenters. The lowest BCUT2D eigenvalue weighted by Gasteiger charge is -2.18. The Hall–Kier alpha value is -1.06. The van der Waals surface area contributed by atoms with Gasteiger partial charge in [-0.05, 0) is 38.5 Å². The predicted octanol–water partition coefficient (Wildman–Crippen LogP) is 7.82. The van der Waals surface area contributed by atoms with E-state index < -0.39 is 5.97 Å². The Morgan fingerprint density at radius 1 is 0.621 bits per heavy atom. The summed E-state index contributed by atoms with van der Waals surface area (Å²) in [6.07, 6.45) is 21.2. The number of carbonyl (C=O) groups is 2. The third kappa shape index (κ3) is 21.5. The van der Waals surface area contributed by atoms with Crippen LogP contribution < -0.4 is 0 Å². The number of rotatable bonds is 22. The molecule has 0 aliphatic carbocycles. The van der Waals surface area contributed by atoms with Crippen molar-refractivity contribution >= 4 is 11.9 Å². The second kappa shape index (κ2) is 21.6. The van der Waals surface area contributed by atoms with Crippen LogP contribution in [0.25, 0.3) is 0 Å². The van der Waals surface area contributed by atoms with Gasteiger partial charge in [-0.2, -0.15) is 0 Å². The maximum absolute atomic E-state index is 12.2. The largest absolute Gasteiger partial charge is 0.481 e. The minimum Gasteiger partial charge on any atom is -0.481 e. The second-order valence-corrected chi connectivity index (χ2v) is 8.53. The lowest BCUT2D eigenvalue weighted by molar-refractivity contribution is -0.150. The van der Waals surface area contributed by atoms with E-state index in [-0.39, 0.29) is 18.5 Å². The van der Waals surface area contributed by atoms with Gasteiger partial charge in [0.15, 0.2) is 0 Å². The molecule has 1 atom stereocenters. The molecule has 4 heteroatoms. The minimum absolute atomic E-state index is 0.0180. The van der Waals surface area contributed by atoms with Crippen molar-refractivity contribution in [3.63, 3.8) is 0 Å². The van der Waals surface area contributed by atoms with Crippen LogP contribution in [-0.4, -0.2) is 23.1 Å². The molecule has 0 aliphatic rings. The number of unbranched alkanes of at least 4 members (excludes halogenated alkanes) is 13. The number of ether oxygens (including phenoxy) is 1. The fourth-order valence-electron chi connectivity index (χ4n) is 3.71. The zero-order valence-corrected chi connectivity index (χ0v) is 19.4. The molecule has 4 nitrogen and oxygen atoms in total. The third-order valence-electron chi connectivity index (χ3n) is 5.58. The number of carbonyl (C=O) groups excluding carboxylic acids is 1. The molecule has 1 N–H and O–H groups in total. The molecule has 0 saturated carbocycles. The molecule has 0 fully saturated rings. The minimum atomic E-state index is -0.703. The maximum Gasteiger partial charge on any atom is 0.306 e. The number of esters is 1. The normalized spacial score (nSPS) is 12.1. The van der Waals surface area contributed by atoms with Crippen LogP contribution in [0.5, 0.6) is 0 Å². The molecule has 0 spiro atoms. The van der Waals surface area contributed by atoms with Crippen LogP contribution in [0.1, 0.15) is 142 Å². The van der Waals surface area contributed by atoms with Crippen molar-refractivity contribution in [2.24, 2.45) is 0 Å². The van der Waals surface area contributed by atoms with Crippen molar-refractivity contribution in [3.05, 3.63) is 0 Å². The molecule has 0 heterocycles. The van der Waals surface area contributed by atoms with Gasteiger partial charge in [0.05, 0.1) is 0 Å². The van der Waals surface area contributed by atoms with E-state index in [2.05, 4.69) is 13.8 Å².